The molecule has 0 aromatic heterocycles. The van der Waals surface area contributed by atoms with E-state index in [2.05, 4.69) is 10.6 Å². The number of hydrogen-bond donors (Lipinski definition) is 2. The summed E-state index contributed by atoms with van der Waals surface area (Å²) in [7, 11) is 1.48. The van der Waals surface area contributed by atoms with E-state index in [1.807, 2.05) is 13.0 Å². The Bertz CT molecular complexity index is 1150. The monoisotopic (exact) mass is 450 g/mol. The molecule has 3 rings (SSSR count). The van der Waals surface area contributed by atoms with Crippen molar-refractivity contribution in [2.45, 2.75) is 13.0 Å². The quantitative estimate of drug-likeness (QED) is 0.509. The van der Waals surface area contributed by atoms with E-state index in [4.69, 9.17) is 9.47 Å². The molecule has 0 spiro atoms. The van der Waals surface area contributed by atoms with Gasteiger partial charge < -0.3 is 20.1 Å². The third-order valence-electron chi connectivity index (χ3n) is 4.68. The van der Waals surface area contributed by atoms with Gasteiger partial charge in [-0.05, 0) is 42.8 Å². The first-order valence-corrected chi connectivity index (χ1v) is 10.1. The second-order valence-corrected chi connectivity index (χ2v) is 7.17. The van der Waals surface area contributed by atoms with E-state index in [0.717, 1.165) is 11.6 Å². The summed E-state index contributed by atoms with van der Waals surface area (Å²) in [6.07, 6.45) is -1.27. The molecular formula is C25H23FN2O5. The van der Waals surface area contributed by atoms with Crippen LogP contribution in [-0.4, -0.2) is 31.4 Å². The number of carbonyl (C=O) groups is 3. The third-order valence-corrected chi connectivity index (χ3v) is 4.68. The smallest absolute Gasteiger partial charge is 0.326 e. The first kappa shape index (κ1) is 23.5. The fraction of sp³-hybridized carbons (Fsp3) is 0.160. The zero-order valence-electron chi connectivity index (χ0n) is 18.1. The lowest BCUT2D eigenvalue weighted by Crippen LogP contribution is -2.33. The fourth-order valence-corrected chi connectivity index (χ4v) is 3.08. The minimum absolute atomic E-state index is 0.0618. The normalized spacial score (nSPS) is 11.2. The maximum Gasteiger partial charge on any atom is 0.326 e. The van der Waals surface area contributed by atoms with Gasteiger partial charge in [0.25, 0.3) is 11.8 Å². The van der Waals surface area contributed by atoms with Crippen molar-refractivity contribution in [2.24, 2.45) is 0 Å². The lowest BCUT2D eigenvalue weighted by molar-refractivity contribution is -0.153. The van der Waals surface area contributed by atoms with Crippen molar-refractivity contribution in [3.05, 3.63) is 95.3 Å². The molecule has 0 unspecified atom stereocenters. The summed E-state index contributed by atoms with van der Waals surface area (Å²) >= 11 is 0. The number of methoxy groups -OCH3 is 1. The van der Waals surface area contributed by atoms with Crippen molar-refractivity contribution in [2.75, 3.05) is 19.0 Å². The largest absolute Gasteiger partial charge is 0.495 e. The summed E-state index contributed by atoms with van der Waals surface area (Å²) in [5, 5.41) is 5.10. The summed E-state index contributed by atoms with van der Waals surface area (Å²) in [5.41, 5.74) is 1.84. The highest BCUT2D eigenvalue weighted by Crippen LogP contribution is 2.27. The molecule has 3 aromatic rings. The van der Waals surface area contributed by atoms with Crippen molar-refractivity contribution >= 4 is 23.5 Å². The number of benzene rings is 3. The van der Waals surface area contributed by atoms with Gasteiger partial charge in [-0.2, -0.15) is 0 Å². The Labute approximate surface area is 190 Å². The second-order valence-electron chi connectivity index (χ2n) is 7.17. The molecule has 0 aliphatic heterocycles. The molecule has 33 heavy (non-hydrogen) atoms. The van der Waals surface area contributed by atoms with Crippen LogP contribution < -0.4 is 15.4 Å². The Kier molecular flexibility index (Phi) is 7.75. The molecule has 0 aliphatic carbocycles. The SMILES string of the molecule is COc1ccc(C)cc1NC(=O)[C@@H](OC(=O)CNC(=O)c1cccc(F)c1)c1ccccc1. The Morgan fingerprint density at radius 1 is 0.970 bits per heavy atom. The molecule has 0 saturated heterocycles. The average molecular weight is 450 g/mol. The second kappa shape index (κ2) is 10.9. The standard InChI is InChI=1S/C25H23FN2O5/c1-16-11-12-21(32-2)20(13-16)28-25(31)23(17-7-4-3-5-8-17)33-22(29)15-27-24(30)18-9-6-10-19(26)14-18/h3-14,23H,15H2,1-2H3,(H,27,30)(H,28,31)/t23-/m0/s1. The highest BCUT2D eigenvalue weighted by molar-refractivity contribution is 5.98. The zero-order chi connectivity index (χ0) is 23.8. The molecule has 0 fully saturated rings. The van der Waals surface area contributed by atoms with Gasteiger partial charge in [-0.15, -0.1) is 0 Å². The van der Waals surface area contributed by atoms with Crippen molar-refractivity contribution < 1.29 is 28.2 Å². The molecule has 0 saturated carbocycles. The summed E-state index contributed by atoms with van der Waals surface area (Å²) in [5.74, 6) is -2.18. The first-order valence-electron chi connectivity index (χ1n) is 10.1. The van der Waals surface area contributed by atoms with Gasteiger partial charge in [-0.1, -0.05) is 42.5 Å². The average Bonchev–Trinajstić information content (AvgIpc) is 2.81. The first-order chi connectivity index (χ1) is 15.9. The van der Waals surface area contributed by atoms with Gasteiger partial charge in [-0.3, -0.25) is 14.4 Å². The summed E-state index contributed by atoms with van der Waals surface area (Å²) in [6.45, 7) is 1.37. The highest BCUT2D eigenvalue weighted by atomic mass is 19.1. The molecule has 2 amide bonds. The van der Waals surface area contributed by atoms with E-state index in [0.29, 0.717) is 17.0 Å². The van der Waals surface area contributed by atoms with Crippen molar-refractivity contribution in [3.8, 4) is 5.75 Å². The molecule has 0 radical (unpaired) electrons. The Morgan fingerprint density at radius 3 is 2.42 bits per heavy atom. The lowest BCUT2D eigenvalue weighted by atomic mass is 10.1. The number of amides is 2. The molecule has 3 aromatic carbocycles. The predicted octanol–water partition coefficient (Wildman–Crippen LogP) is 3.80. The van der Waals surface area contributed by atoms with Crippen molar-refractivity contribution in [1.29, 1.82) is 0 Å². The van der Waals surface area contributed by atoms with E-state index in [1.165, 1.54) is 25.3 Å². The van der Waals surface area contributed by atoms with Gasteiger partial charge >= 0.3 is 5.97 Å². The van der Waals surface area contributed by atoms with Crippen LogP contribution in [0.25, 0.3) is 0 Å². The minimum Gasteiger partial charge on any atom is -0.495 e. The molecule has 0 heterocycles. The van der Waals surface area contributed by atoms with Gasteiger partial charge in [0.15, 0.2) is 0 Å². The predicted molar refractivity (Wildman–Crippen MR) is 120 cm³/mol. The fourth-order valence-electron chi connectivity index (χ4n) is 3.08. The van der Waals surface area contributed by atoms with E-state index >= 15 is 0 Å². The number of ether oxygens (including phenoxy) is 2. The van der Waals surface area contributed by atoms with Gasteiger partial charge in [-0.25, -0.2) is 4.39 Å². The van der Waals surface area contributed by atoms with Crippen LogP contribution >= 0.6 is 0 Å². The lowest BCUT2D eigenvalue weighted by Gasteiger charge is -2.19. The molecule has 0 aliphatic rings. The molecule has 170 valence electrons. The van der Waals surface area contributed by atoms with E-state index in [-0.39, 0.29) is 5.56 Å². The molecular weight excluding hydrogens is 427 g/mol. The molecule has 1 atom stereocenters. The summed E-state index contributed by atoms with van der Waals surface area (Å²) in [4.78, 5) is 37.7. The number of halogens is 1. The van der Waals surface area contributed by atoms with E-state index in [1.54, 1.807) is 42.5 Å². The van der Waals surface area contributed by atoms with Crippen molar-refractivity contribution in [1.82, 2.24) is 5.32 Å². The topological polar surface area (TPSA) is 93.7 Å². The number of nitrogens with one attached hydrogen (secondary N) is 2. The Balaban J connectivity index is 1.72. The Morgan fingerprint density at radius 2 is 1.73 bits per heavy atom. The molecule has 0 bridgehead atoms. The number of rotatable bonds is 8. The maximum absolute atomic E-state index is 13.3. The molecule has 8 heteroatoms. The number of anilines is 1. The summed E-state index contributed by atoms with van der Waals surface area (Å²) in [6, 6.07) is 18.8. The summed E-state index contributed by atoms with van der Waals surface area (Å²) < 4.78 is 24.0. The number of hydrogen-bond acceptors (Lipinski definition) is 5. The van der Waals surface area contributed by atoms with Gasteiger partial charge in [0.05, 0.1) is 12.8 Å². The molecule has 2 N–H and O–H groups in total. The maximum atomic E-state index is 13.3. The number of aryl methyl sites for hydroxylation is 1. The zero-order valence-corrected chi connectivity index (χ0v) is 18.1. The minimum atomic E-state index is -1.27. The van der Waals surface area contributed by atoms with Crippen LogP contribution in [0.15, 0.2) is 72.8 Å². The van der Waals surface area contributed by atoms with Crippen LogP contribution in [0.5, 0.6) is 5.75 Å². The van der Waals surface area contributed by atoms with Crippen LogP contribution in [0, 0.1) is 12.7 Å². The van der Waals surface area contributed by atoms with Crippen LogP contribution in [-0.2, 0) is 14.3 Å². The van der Waals surface area contributed by atoms with Gasteiger partial charge in [0, 0.05) is 11.1 Å². The van der Waals surface area contributed by atoms with E-state index in [9.17, 15) is 18.8 Å². The van der Waals surface area contributed by atoms with Crippen LogP contribution in [0.2, 0.25) is 0 Å². The highest BCUT2D eigenvalue weighted by Gasteiger charge is 2.26. The van der Waals surface area contributed by atoms with Crippen LogP contribution in [0.1, 0.15) is 27.6 Å². The van der Waals surface area contributed by atoms with E-state index < -0.39 is 36.2 Å². The van der Waals surface area contributed by atoms with Crippen LogP contribution in [0.4, 0.5) is 10.1 Å². The van der Waals surface area contributed by atoms with Gasteiger partial charge in [0.2, 0.25) is 6.10 Å². The Hall–Kier alpha value is -4.20. The number of carbonyl (C=O) groups excluding carboxylic acids is 3. The number of esters is 1. The third kappa shape index (κ3) is 6.39. The van der Waals surface area contributed by atoms with Gasteiger partial charge in [0.1, 0.15) is 18.1 Å². The van der Waals surface area contributed by atoms with Crippen molar-refractivity contribution in [3.63, 3.8) is 0 Å². The molecule has 7 nitrogen and oxygen atoms in total. The van der Waals surface area contributed by atoms with Crippen LogP contribution in [0.3, 0.4) is 0 Å².